The van der Waals surface area contributed by atoms with Crippen LogP contribution in [0.2, 0.25) is 5.02 Å². The summed E-state index contributed by atoms with van der Waals surface area (Å²) in [5.41, 5.74) is 15.3. The number of hydrogen-bond acceptors (Lipinski definition) is 5. The second-order valence-corrected chi connectivity index (χ2v) is 9.02. The predicted molar refractivity (Wildman–Crippen MR) is 130 cm³/mol. The molecular weight excluding hydrogens is 436 g/mol. The van der Waals surface area contributed by atoms with Crippen molar-refractivity contribution in [3.63, 3.8) is 0 Å². The van der Waals surface area contributed by atoms with Crippen molar-refractivity contribution >= 4 is 23.3 Å². The maximum absolute atomic E-state index is 9.46. The fourth-order valence-corrected chi connectivity index (χ4v) is 5.00. The molecule has 8 nitrogen and oxygen atoms in total. The quantitative estimate of drug-likeness (QED) is 0.320. The highest BCUT2D eigenvalue weighted by atomic mass is 35.5. The number of halogens is 1. The molecule has 2 atom stereocenters. The van der Waals surface area contributed by atoms with Crippen LogP contribution < -0.4 is 0 Å². The first-order valence-electron chi connectivity index (χ1n) is 11.0. The lowest BCUT2D eigenvalue weighted by Crippen LogP contribution is -2.46. The topological polar surface area (TPSA) is 86.0 Å². The molecule has 1 fully saturated rings. The zero-order chi connectivity index (χ0) is 22.9. The molecule has 9 heteroatoms. The van der Waals surface area contributed by atoms with Gasteiger partial charge >= 0.3 is 0 Å². The second-order valence-electron chi connectivity index (χ2n) is 8.59. The average molecular weight is 461 g/mol. The summed E-state index contributed by atoms with van der Waals surface area (Å²) in [6, 6.07) is 9.46. The van der Waals surface area contributed by atoms with E-state index in [1.54, 1.807) is 12.5 Å². The van der Waals surface area contributed by atoms with Gasteiger partial charge < -0.3 is 9.47 Å². The van der Waals surface area contributed by atoms with E-state index in [0.29, 0.717) is 5.02 Å². The van der Waals surface area contributed by atoms with Crippen LogP contribution in [0.15, 0.2) is 54.2 Å². The number of piperazine rings is 1. The fraction of sp³-hybridized carbons (Fsp3) is 0.333. The first kappa shape index (κ1) is 21.7. The summed E-state index contributed by atoms with van der Waals surface area (Å²) in [4.78, 5) is 17.1. The normalized spacial score (nSPS) is 19.6. The number of pyridine rings is 1. The van der Waals surface area contributed by atoms with Gasteiger partial charge in [0.15, 0.2) is 0 Å². The van der Waals surface area contributed by atoms with Crippen LogP contribution >= 0.6 is 11.6 Å². The SMILES string of the molecule is CN1CCN([C@H]2c3ccc(Cl)cc3C(C(N=[N+]=[N-])c3cncn3C)=Cc3cccnc32)CC1. The molecule has 0 N–H and O–H groups in total. The Morgan fingerprint density at radius 1 is 1.18 bits per heavy atom. The van der Waals surface area contributed by atoms with E-state index >= 15 is 0 Å². The number of imidazole rings is 1. The zero-order valence-corrected chi connectivity index (χ0v) is 19.4. The van der Waals surface area contributed by atoms with E-state index < -0.39 is 6.04 Å². The lowest BCUT2D eigenvalue weighted by Gasteiger charge is -2.38. The molecular formula is C24H25ClN8. The molecule has 0 saturated carbocycles. The van der Waals surface area contributed by atoms with Crippen molar-refractivity contribution in [3.8, 4) is 0 Å². The Bertz CT molecular complexity index is 1250. The van der Waals surface area contributed by atoms with Crippen LogP contribution in [0.5, 0.6) is 0 Å². The first-order chi connectivity index (χ1) is 16.1. The molecule has 1 aliphatic heterocycles. The van der Waals surface area contributed by atoms with E-state index in [-0.39, 0.29) is 6.04 Å². The van der Waals surface area contributed by atoms with Crippen molar-refractivity contribution in [1.82, 2.24) is 24.3 Å². The van der Waals surface area contributed by atoms with Crippen LogP contribution in [0.4, 0.5) is 0 Å². The van der Waals surface area contributed by atoms with E-state index in [0.717, 1.165) is 59.8 Å². The number of fused-ring (bicyclic) bond motifs is 2. The van der Waals surface area contributed by atoms with Gasteiger partial charge in [-0.25, -0.2) is 4.98 Å². The minimum atomic E-state index is -0.556. The summed E-state index contributed by atoms with van der Waals surface area (Å²) in [6.07, 6.45) is 7.41. The molecule has 0 amide bonds. The van der Waals surface area contributed by atoms with E-state index in [1.165, 1.54) is 0 Å². The fourth-order valence-electron chi connectivity index (χ4n) is 4.83. The van der Waals surface area contributed by atoms with Crippen molar-refractivity contribution in [2.45, 2.75) is 12.1 Å². The number of rotatable bonds is 4. The largest absolute Gasteiger partial charge is 0.337 e. The lowest BCUT2D eigenvalue weighted by molar-refractivity contribution is 0.125. The van der Waals surface area contributed by atoms with Gasteiger partial charge in [0.2, 0.25) is 0 Å². The van der Waals surface area contributed by atoms with Crippen molar-refractivity contribution in [3.05, 3.63) is 92.6 Å². The number of nitrogens with zero attached hydrogens (tertiary/aromatic N) is 8. The maximum Gasteiger partial charge on any atom is 0.105 e. The highest BCUT2D eigenvalue weighted by Crippen LogP contribution is 2.45. The minimum Gasteiger partial charge on any atom is -0.337 e. The van der Waals surface area contributed by atoms with Gasteiger partial charge in [-0.15, -0.1) is 0 Å². The summed E-state index contributed by atoms with van der Waals surface area (Å²) >= 11 is 6.51. The van der Waals surface area contributed by atoms with Crippen molar-refractivity contribution < 1.29 is 0 Å². The molecule has 1 unspecified atom stereocenters. The third kappa shape index (κ3) is 4.03. The molecule has 3 heterocycles. The third-order valence-electron chi connectivity index (χ3n) is 6.56. The maximum atomic E-state index is 9.46. The molecule has 1 aliphatic carbocycles. The Balaban J connectivity index is 1.75. The molecule has 2 aliphatic rings. The number of azide groups is 1. The molecule has 1 saturated heterocycles. The minimum absolute atomic E-state index is 0.0193. The highest BCUT2D eigenvalue weighted by Gasteiger charge is 2.34. The highest BCUT2D eigenvalue weighted by molar-refractivity contribution is 6.30. The average Bonchev–Trinajstić information content (AvgIpc) is 3.18. The molecule has 1 aromatic carbocycles. The van der Waals surface area contributed by atoms with Gasteiger partial charge in [-0.2, -0.15) is 0 Å². The second kappa shape index (κ2) is 9.00. The molecule has 0 radical (unpaired) electrons. The summed E-state index contributed by atoms with van der Waals surface area (Å²) in [6.45, 7) is 3.88. The number of aryl methyl sites for hydroxylation is 1. The van der Waals surface area contributed by atoms with Crippen molar-refractivity contribution in [2.75, 3.05) is 33.2 Å². The van der Waals surface area contributed by atoms with Crippen LogP contribution in [0.3, 0.4) is 0 Å². The Morgan fingerprint density at radius 2 is 2.00 bits per heavy atom. The van der Waals surface area contributed by atoms with Crippen molar-refractivity contribution in [1.29, 1.82) is 0 Å². The molecule has 0 spiro atoms. The number of benzene rings is 1. The Kier molecular flexibility index (Phi) is 5.91. The Labute approximate surface area is 197 Å². The van der Waals surface area contributed by atoms with Gasteiger partial charge in [0.1, 0.15) is 6.04 Å². The van der Waals surface area contributed by atoms with Gasteiger partial charge in [0, 0.05) is 55.6 Å². The van der Waals surface area contributed by atoms with Gasteiger partial charge in [0.25, 0.3) is 0 Å². The van der Waals surface area contributed by atoms with Crippen molar-refractivity contribution in [2.24, 2.45) is 12.2 Å². The summed E-state index contributed by atoms with van der Waals surface area (Å²) in [5, 5.41) is 4.85. The number of aromatic nitrogens is 3. The summed E-state index contributed by atoms with van der Waals surface area (Å²) < 4.78 is 1.89. The smallest absolute Gasteiger partial charge is 0.105 e. The standard InChI is InChI=1S/C24H25ClN8/c1-31-8-10-33(11-9-31)24-18-6-5-17(25)13-19(18)20(12-16-4-3-7-28-22(16)24)23(29-30-26)21-14-27-15-32(21)2/h3-7,12-15,23-24H,8-11H2,1-2H3/t23?,24-/m0/s1. The van der Waals surface area contributed by atoms with E-state index in [4.69, 9.17) is 16.6 Å². The van der Waals surface area contributed by atoms with E-state index in [2.05, 4.69) is 50.1 Å². The van der Waals surface area contributed by atoms with E-state index in [9.17, 15) is 5.53 Å². The Morgan fingerprint density at radius 3 is 2.73 bits per heavy atom. The van der Waals surface area contributed by atoms with Crippen LogP contribution in [-0.4, -0.2) is 57.6 Å². The molecule has 2 aromatic heterocycles. The monoisotopic (exact) mass is 460 g/mol. The van der Waals surface area contributed by atoms with E-state index in [1.807, 2.05) is 36.0 Å². The van der Waals surface area contributed by atoms with Crippen LogP contribution in [-0.2, 0) is 7.05 Å². The molecule has 3 aromatic rings. The summed E-state index contributed by atoms with van der Waals surface area (Å²) in [7, 11) is 4.06. The number of likely N-dealkylation sites (N-methyl/N-ethyl adjacent to an activating group) is 1. The van der Waals surface area contributed by atoms with Gasteiger partial charge in [-0.1, -0.05) is 28.8 Å². The summed E-state index contributed by atoms with van der Waals surface area (Å²) in [5.74, 6) is 0. The Hall–Kier alpha value is -3.16. The molecule has 168 valence electrons. The predicted octanol–water partition coefficient (Wildman–Crippen LogP) is 4.71. The van der Waals surface area contributed by atoms with Gasteiger partial charge in [-0.3, -0.25) is 9.88 Å². The third-order valence-corrected chi connectivity index (χ3v) is 6.80. The number of hydrogen-bond donors (Lipinski definition) is 0. The first-order valence-corrected chi connectivity index (χ1v) is 11.3. The van der Waals surface area contributed by atoms with Gasteiger partial charge in [-0.05, 0) is 59.1 Å². The van der Waals surface area contributed by atoms with Crippen LogP contribution in [0, 0.1) is 0 Å². The zero-order valence-electron chi connectivity index (χ0n) is 18.6. The molecule has 5 rings (SSSR count). The van der Waals surface area contributed by atoms with Crippen LogP contribution in [0.25, 0.3) is 22.1 Å². The van der Waals surface area contributed by atoms with Gasteiger partial charge in [0.05, 0.1) is 23.8 Å². The molecule has 33 heavy (non-hydrogen) atoms. The van der Waals surface area contributed by atoms with Crippen LogP contribution in [0.1, 0.15) is 40.2 Å². The lowest BCUT2D eigenvalue weighted by atomic mass is 9.90. The molecule has 0 bridgehead atoms.